The fourth-order valence-electron chi connectivity index (χ4n) is 5.19. The molecule has 1 N–H and O–H groups in total. The number of carbonyl (C=O) groups is 3. The minimum Gasteiger partial charge on any atom is -0.481 e. The van der Waals surface area contributed by atoms with Gasteiger partial charge in [0.2, 0.25) is 5.91 Å². The lowest BCUT2D eigenvalue weighted by molar-refractivity contribution is -0.154. The van der Waals surface area contributed by atoms with Gasteiger partial charge in [-0.25, -0.2) is 0 Å². The first-order valence-electron chi connectivity index (χ1n) is 15.6. The first-order valence-corrected chi connectivity index (χ1v) is 15.6. The van der Waals surface area contributed by atoms with Gasteiger partial charge in [0.05, 0.1) is 13.0 Å². The topological polar surface area (TPSA) is 84.9 Å². The van der Waals surface area contributed by atoms with Crippen molar-refractivity contribution < 1.29 is 23.9 Å². The molecule has 1 fully saturated rings. The van der Waals surface area contributed by atoms with Gasteiger partial charge in [-0.2, -0.15) is 0 Å². The molecule has 7 nitrogen and oxygen atoms in total. The molecule has 2 unspecified atom stereocenters. The summed E-state index contributed by atoms with van der Waals surface area (Å²) in [6, 6.07) is 16.8. The van der Waals surface area contributed by atoms with E-state index in [-0.39, 0.29) is 18.2 Å². The summed E-state index contributed by atoms with van der Waals surface area (Å²) < 4.78 is 11.5. The third-order valence-corrected chi connectivity index (χ3v) is 7.62. The molecule has 41 heavy (non-hydrogen) atoms. The van der Waals surface area contributed by atoms with E-state index in [1.165, 1.54) is 49.8 Å². The average Bonchev–Trinajstić information content (AvgIpc) is 3.00. The van der Waals surface area contributed by atoms with Crippen molar-refractivity contribution in [2.75, 3.05) is 19.7 Å². The molecule has 0 spiro atoms. The van der Waals surface area contributed by atoms with E-state index in [9.17, 15) is 14.4 Å². The number of hydrogen-bond donors (Lipinski definition) is 1. The first-order chi connectivity index (χ1) is 20.0. The van der Waals surface area contributed by atoms with Crippen molar-refractivity contribution >= 4 is 17.8 Å². The Bertz CT molecular complexity index is 1060. The van der Waals surface area contributed by atoms with E-state index in [1.807, 2.05) is 61.5 Å². The lowest BCUT2D eigenvalue weighted by atomic mass is 10.1. The van der Waals surface area contributed by atoms with E-state index in [0.717, 1.165) is 30.4 Å². The molecule has 0 bridgehead atoms. The Hall–Kier alpha value is -3.35. The highest BCUT2D eigenvalue weighted by atomic mass is 16.5. The second-order valence-corrected chi connectivity index (χ2v) is 10.9. The summed E-state index contributed by atoms with van der Waals surface area (Å²) in [4.78, 5) is 40.3. The minimum atomic E-state index is -0.894. The maximum atomic E-state index is 13.5. The first kappa shape index (κ1) is 32.2. The lowest BCUT2D eigenvalue weighted by Crippen LogP contribution is -2.60. The van der Waals surface area contributed by atoms with Crippen LogP contribution in [0.1, 0.15) is 90.9 Å². The third-order valence-electron chi connectivity index (χ3n) is 7.62. The predicted molar refractivity (Wildman–Crippen MR) is 163 cm³/mol. The van der Waals surface area contributed by atoms with E-state index in [4.69, 9.17) is 9.47 Å². The Balaban J connectivity index is 1.44. The molecule has 0 aromatic heterocycles. The van der Waals surface area contributed by atoms with Gasteiger partial charge in [-0.15, -0.1) is 0 Å². The quantitative estimate of drug-likeness (QED) is 0.161. The number of esters is 1. The largest absolute Gasteiger partial charge is 0.481 e. The number of rotatable bonds is 18. The fourth-order valence-corrected chi connectivity index (χ4v) is 5.19. The van der Waals surface area contributed by atoms with Crippen LogP contribution in [0.2, 0.25) is 0 Å². The van der Waals surface area contributed by atoms with Crippen molar-refractivity contribution in [1.29, 1.82) is 0 Å². The summed E-state index contributed by atoms with van der Waals surface area (Å²) in [5, 5.41) is 2.78. The van der Waals surface area contributed by atoms with E-state index >= 15 is 0 Å². The molecule has 0 radical (unpaired) electrons. The molecule has 7 heteroatoms. The summed E-state index contributed by atoms with van der Waals surface area (Å²) in [5.41, 5.74) is 2.16. The predicted octanol–water partition coefficient (Wildman–Crippen LogP) is 6.69. The molecule has 2 amide bonds. The molecule has 2 aromatic rings. The molecule has 0 saturated carbocycles. The van der Waals surface area contributed by atoms with Crippen molar-refractivity contribution in [3.8, 4) is 16.9 Å². The van der Waals surface area contributed by atoms with Crippen molar-refractivity contribution in [1.82, 2.24) is 10.2 Å². The highest BCUT2D eigenvalue weighted by molar-refractivity contribution is 5.93. The second kappa shape index (κ2) is 18.2. The maximum Gasteiger partial charge on any atom is 0.308 e. The van der Waals surface area contributed by atoms with Crippen LogP contribution in [0.25, 0.3) is 11.1 Å². The number of benzene rings is 2. The van der Waals surface area contributed by atoms with Gasteiger partial charge >= 0.3 is 5.97 Å². The van der Waals surface area contributed by atoms with E-state index in [1.54, 1.807) is 0 Å². The van der Waals surface area contributed by atoms with Crippen LogP contribution in [0, 0.1) is 0 Å². The smallest absolute Gasteiger partial charge is 0.308 e. The van der Waals surface area contributed by atoms with Gasteiger partial charge in [0.25, 0.3) is 5.91 Å². The van der Waals surface area contributed by atoms with Crippen LogP contribution in [0.3, 0.4) is 0 Å². The van der Waals surface area contributed by atoms with Crippen molar-refractivity contribution in [2.24, 2.45) is 0 Å². The summed E-state index contributed by atoms with van der Waals surface area (Å²) >= 11 is 0. The van der Waals surface area contributed by atoms with Gasteiger partial charge in [0, 0.05) is 13.1 Å². The Kier molecular flexibility index (Phi) is 14.2. The zero-order valence-corrected chi connectivity index (χ0v) is 24.9. The molecule has 1 aliphatic heterocycles. The van der Waals surface area contributed by atoms with Crippen LogP contribution >= 0.6 is 0 Å². The summed E-state index contributed by atoms with van der Waals surface area (Å²) in [7, 11) is 0. The van der Waals surface area contributed by atoms with Crippen LogP contribution < -0.4 is 10.1 Å². The lowest BCUT2D eigenvalue weighted by Gasteiger charge is -2.36. The number of nitrogens with zero attached hydrogens (tertiary/aromatic N) is 1. The Morgan fingerprint density at radius 1 is 0.854 bits per heavy atom. The minimum absolute atomic E-state index is 0.155. The highest BCUT2D eigenvalue weighted by Gasteiger charge is 2.38. The standard InChI is InChI=1S/C34H48N2O5/c1-3-5-6-7-8-9-10-11-12-16-25-40-32(37)26-30-33(38)35-23-24-36(30)34(39)31(4-2)41-29-21-19-28(20-22-29)27-17-14-13-15-18-27/h13-15,17-22,30-31H,3-12,16,23-26H2,1-2H3,(H,35,38). The number of unbranched alkanes of at least 4 members (excludes halogenated alkanes) is 9. The molecule has 224 valence electrons. The fraction of sp³-hybridized carbons (Fsp3) is 0.559. The molecule has 0 aliphatic carbocycles. The maximum absolute atomic E-state index is 13.5. The summed E-state index contributed by atoms with van der Waals surface area (Å²) in [6.45, 7) is 5.12. The van der Waals surface area contributed by atoms with E-state index < -0.39 is 18.1 Å². The van der Waals surface area contributed by atoms with Gasteiger partial charge in [0.1, 0.15) is 11.8 Å². The van der Waals surface area contributed by atoms with Gasteiger partial charge in [0.15, 0.2) is 6.10 Å². The zero-order chi connectivity index (χ0) is 29.3. The molecule has 2 aromatic carbocycles. The molecular weight excluding hydrogens is 516 g/mol. The molecule has 3 rings (SSSR count). The average molecular weight is 565 g/mol. The Labute approximate surface area is 246 Å². The second-order valence-electron chi connectivity index (χ2n) is 10.9. The summed E-state index contributed by atoms with van der Waals surface area (Å²) in [6.07, 6.45) is 11.6. The van der Waals surface area contributed by atoms with Gasteiger partial charge < -0.3 is 19.7 Å². The number of amides is 2. The highest BCUT2D eigenvalue weighted by Crippen LogP contribution is 2.24. The van der Waals surface area contributed by atoms with Crippen molar-refractivity contribution in [3.63, 3.8) is 0 Å². The molecule has 2 atom stereocenters. The zero-order valence-electron chi connectivity index (χ0n) is 24.9. The number of ether oxygens (including phenoxy) is 2. The van der Waals surface area contributed by atoms with E-state index in [0.29, 0.717) is 31.9 Å². The van der Waals surface area contributed by atoms with Crippen LogP contribution in [0.15, 0.2) is 54.6 Å². The third kappa shape index (κ3) is 10.9. The van der Waals surface area contributed by atoms with Gasteiger partial charge in [-0.1, -0.05) is 114 Å². The van der Waals surface area contributed by atoms with Crippen molar-refractivity contribution in [2.45, 2.75) is 103 Å². The number of carbonyl (C=O) groups excluding carboxylic acids is 3. The van der Waals surface area contributed by atoms with Crippen molar-refractivity contribution in [3.05, 3.63) is 54.6 Å². The van der Waals surface area contributed by atoms with Crippen LogP contribution in [0.4, 0.5) is 0 Å². The SMILES string of the molecule is CCCCCCCCCCCCOC(=O)CC1C(=O)NCCN1C(=O)C(CC)Oc1ccc(-c2ccccc2)cc1. The molecule has 1 heterocycles. The monoisotopic (exact) mass is 564 g/mol. The van der Waals surface area contributed by atoms with Crippen LogP contribution in [-0.2, 0) is 19.1 Å². The molecule has 1 saturated heterocycles. The Morgan fingerprint density at radius 2 is 1.46 bits per heavy atom. The molecular formula is C34H48N2O5. The normalized spacial score (nSPS) is 15.7. The molecule has 1 aliphatic rings. The number of nitrogens with one attached hydrogen (secondary N) is 1. The van der Waals surface area contributed by atoms with Crippen LogP contribution in [0.5, 0.6) is 5.75 Å². The number of hydrogen-bond acceptors (Lipinski definition) is 5. The van der Waals surface area contributed by atoms with Gasteiger partial charge in [-0.05, 0) is 36.1 Å². The summed E-state index contributed by atoms with van der Waals surface area (Å²) in [5.74, 6) is -0.491. The Morgan fingerprint density at radius 3 is 2.10 bits per heavy atom. The van der Waals surface area contributed by atoms with Crippen LogP contribution in [-0.4, -0.2) is 54.5 Å². The van der Waals surface area contributed by atoms with E-state index in [2.05, 4.69) is 12.2 Å². The number of piperazine rings is 1. The van der Waals surface area contributed by atoms with Gasteiger partial charge in [-0.3, -0.25) is 14.4 Å².